The van der Waals surface area contributed by atoms with E-state index in [1.54, 1.807) is 0 Å². The first-order chi connectivity index (χ1) is 10.8. The van der Waals surface area contributed by atoms with Gasteiger partial charge in [0.1, 0.15) is 11.9 Å². The number of aliphatic carboxylic acids is 1. The molecule has 0 saturated heterocycles. The van der Waals surface area contributed by atoms with Crippen LogP contribution in [0.15, 0.2) is 29.1 Å². The summed E-state index contributed by atoms with van der Waals surface area (Å²) in [7, 11) is 0. The average Bonchev–Trinajstić information content (AvgIpc) is 3.00. The molecular formula is C14H12F3N3O3. The van der Waals surface area contributed by atoms with E-state index in [4.69, 9.17) is 5.11 Å². The van der Waals surface area contributed by atoms with Crippen LogP contribution in [0, 0.1) is 0 Å². The monoisotopic (exact) mass is 327 g/mol. The van der Waals surface area contributed by atoms with Crippen LogP contribution in [0.2, 0.25) is 0 Å². The molecule has 0 aliphatic carbocycles. The second-order valence-corrected chi connectivity index (χ2v) is 5.32. The predicted molar refractivity (Wildman–Crippen MR) is 72.0 cm³/mol. The Morgan fingerprint density at radius 2 is 2.13 bits per heavy atom. The molecule has 1 aliphatic heterocycles. The fraction of sp³-hybridized carbons (Fsp3) is 0.357. The largest absolute Gasteiger partial charge is 0.480 e. The van der Waals surface area contributed by atoms with E-state index < -0.39 is 29.4 Å². The number of fused-ring (bicyclic) bond motifs is 1. The van der Waals surface area contributed by atoms with Crippen LogP contribution in [0.4, 0.5) is 13.2 Å². The number of nitrogens with zero attached hydrogens (tertiary/aromatic N) is 3. The number of hydrogen-bond donors (Lipinski definition) is 1. The average molecular weight is 327 g/mol. The number of halogens is 3. The van der Waals surface area contributed by atoms with Gasteiger partial charge in [0, 0.05) is 6.42 Å². The van der Waals surface area contributed by atoms with Crippen molar-refractivity contribution in [3.05, 3.63) is 51.7 Å². The number of carbonyl (C=O) groups is 1. The molecule has 2 heterocycles. The third-order valence-corrected chi connectivity index (χ3v) is 3.77. The van der Waals surface area contributed by atoms with Gasteiger partial charge in [0.2, 0.25) is 0 Å². The summed E-state index contributed by atoms with van der Waals surface area (Å²) >= 11 is 0. The molecule has 6 nitrogen and oxygen atoms in total. The first kappa shape index (κ1) is 15.3. The second-order valence-electron chi connectivity index (χ2n) is 5.32. The van der Waals surface area contributed by atoms with E-state index in [9.17, 15) is 22.8 Å². The SMILES string of the molecule is O=C(O)C1CCc2nn(Cc3cccc(C(F)(F)F)c3)c(=O)n21. The zero-order chi connectivity index (χ0) is 16.8. The van der Waals surface area contributed by atoms with Gasteiger partial charge in [0.05, 0.1) is 12.1 Å². The molecule has 0 bridgehead atoms. The van der Waals surface area contributed by atoms with Crippen LogP contribution >= 0.6 is 0 Å². The van der Waals surface area contributed by atoms with Crippen molar-refractivity contribution in [2.24, 2.45) is 0 Å². The maximum absolute atomic E-state index is 12.7. The number of carboxylic acids is 1. The Balaban J connectivity index is 1.93. The van der Waals surface area contributed by atoms with Crippen molar-refractivity contribution >= 4 is 5.97 Å². The third kappa shape index (κ3) is 2.73. The van der Waals surface area contributed by atoms with Gasteiger partial charge in [-0.15, -0.1) is 0 Å². The summed E-state index contributed by atoms with van der Waals surface area (Å²) in [6, 6.07) is 3.65. The van der Waals surface area contributed by atoms with Gasteiger partial charge in [0.15, 0.2) is 0 Å². The Kier molecular flexibility index (Phi) is 3.50. The number of carboxylic acid groups (broad SMARTS) is 1. The lowest BCUT2D eigenvalue weighted by Crippen LogP contribution is -2.30. The van der Waals surface area contributed by atoms with E-state index in [0.29, 0.717) is 12.2 Å². The fourth-order valence-electron chi connectivity index (χ4n) is 2.70. The lowest BCUT2D eigenvalue weighted by Gasteiger charge is -2.09. The smallest absolute Gasteiger partial charge is 0.416 e. The summed E-state index contributed by atoms with van der Waals surface area (Å²) in [5, 5.41) is 13.1. The van der Waals surface area contributed by atoms with Crippen molar-refractivity contribution in [2.45, 2.75) is 31.6 Å². The normalized spacial score (nSPS) is 17.3. The minimum absolute atomic E-state index is 0.144. The molecule has 1 aromatic carbocycles. The molecule has 2 aromatic rings. The third-order valence-electron chi connectivity index (χ3n) is 3.77. The highest BCUT2D eigenvalue weighted by molar-refractivity contribution is 5.72. The number of benzene rings is 1. The molecule has 1 aromatic heterocycles. The lowest BCUT2D eigenvalue weighted by molar-refractivity contribution is -0.141. The Morgan fingerprint density at radius 3 is 2.78 bits per heavy atom. The van der Waals surface area contributed by atoms with Crippen molar-refractivity contribution < 1.29 is 23.1 Å². The van der Waals surface area contributed by atoms with Gasteiger partial charge in [-0.05, 0) is 24.1 Å². The van der Waals surface area contributed by atoms with Crippen LogP contribution in [0.3, 0.4) is 0 Å². The molecule has 1 unspecified atom stereocenters. The topological polar surface area (TPSA) is 77.1 Å². The summed E-state index contributed by atoms with van der Waals surface area (Å²) in [4.78, 5) is 23.4. The van der Waals surface area contributed by atoms with Crippen molar-refractivity contribution in [1.82, 2.24) is 14.3 Å². The van der Waals surface area contributed by atoms with E-state index in [2.05, 4.69) is 5.10 Å². The van der Waals surface area contributed by atoms with Crippen LogP contribution < -0.4 is 5.69 Å². The molecule has 0 fully saturated rings. The van der Waals surface area contributed by atoms with Crippen LogP contribution in [0.25, 0.3) is 0 Å². The van der Waals surface area contributed by atoms with Crippen LogP contribution in [-0.4, -0.2) is 25.4 Å². The molecular weight excluding hydrogens is 315 g/mol. The standard InChI is InChI=1S/C14H12F3N3O3/c15-14(16,17)9-3-1-2-8(6-9)7-19-13(23)20-10(12(21)22)4-5-11(20)18-19/h1-3,6,10H,4-5,7H2,(H,21,22). The zero-order valence-corrected chi connectivity index (χ0v) is 11.7. The highest BCUT2D eigenvalue weighted by atomic mass is 19.4. The van der Waals surface area contributed by atoms with Gasteiger partial charge >= 0.3 is 17.8 Å². The summed E-state index contributed by atoms with van der Waals surface area (Å²) in [6.07, 6.45) is -3.83. The number of aromatic nitrogens is 3. The van der Waals surface area contributed by atoms with Crippen LogP contribution in [-0.2, 0) is 23.9 Å². The highest BCUT2D eigenvalue weighted by Gasteiger charge is 2.33. The Hall–Kier alpha value is -2.58. The van der Waals surface area contributed by atoms with E-state index in [-0.39, 0.29) is 18.5 Å². The molecule has 23 heavy (non-hydrogen) atoms. The van der Waals surface area contributed by atoms with E-state index in [1.807, 2.05) is 0 Å². The Labute approximate surface area is 127 Å². The maximum atomic E-state index is 12.7. The van der Waals surface area contributed by atoms with E-state index in [0.717, 1.165) is 21.4 Å². The molecule has 122 valence electrons. The molecule has 9 heteroatoms. The fourth-order valence-corrected chi connectivity index (χ4v) is 2.70. The van der Waals surface area contributed by atoms with Gasteiger partial charge < -0.3 is 5.11 Å². The summed E-state index contributed by atoms with van der Waals surface area (Å²) in [5.41, 5.74) is -1.16. The van der Waals surface area contributed by atoms with Gasteiger partial charge in [-0.2, -0.15) is 18.3 Å². The molecule has 1 aliphatic rings. The molecule has 0 radical (unpaired) electrons. The number of aryl methyl sites for hydroxylation is 1. The summed E-state index contributed by atoms with van der Waals surface area (Å²) < 4.78 is 40.2. The summed E-state index contributed by atoms with van der Waals surface area (Å²) in [6.45, 7) is -0.144. The maximum Gasteiger partial charge on any atom is 0.416 e. The van der Waals surface area contributed by atoms with Gasteiger partial charge in [0.25, 0.3) is 0 Å². The molecule has 0 saturated carbocycles. The van der Waals surface area contributed by atoms with E-state index in [1.165, 1.54) is 12.1 Å². The van der Waals surface area contributed by atoms with Crippen LogP contribution in [0.1, 0.15) is 29.4 Å². The van der Waals surface area contributed by atoms with Crippen LogP contribution in [0.5, 0.6) is 0 Å². The minimum atomic E-state index is -4.47. The molecule has 3 rings (SSSR count). The molecule has 1 atom stereocenters. The van der Waals surface area contributed by atoms with Crippen molar-refractivity contribution in [3.8, 4) is 0 Å². The quantitative estimate of drug-likeness (QED) is 0.930. The van der Waals surface area contributed by atoms with E-state index >= 15 is 0 Å². The van der Waals surface area contributed by atoms with Gasteiger partial charge in [-0.25, -0.2) is 14.3 Å². The highest BCUT2D eigenvalue weighted by Crippen LogP contribution is 2.29. The first-order valence-electron chi connectivity index (χ1n) is 6.84. The van der Waals surface area contributed by atoms with Gasteiger partial charge in [-0.3, -0.25) is 4.57 Å². The Morgan fingerprint density at radius 1 is 1.39 bits per heavy atom. The number of hydrogen-bond acceptors (Lipinski definition) is 3. The summed E-state index contributed by atoms with van der Waals surface area (Å²) in [5.74, 6) is -0.779. The first-order valence-corrected chi connectivity index (χ1v) is 6.84. The van der Waals surface area contributed by atoms with Crippen molar-refractivity contribution in [3.63, 3.8) is 0 Å². The molecule has 0 amide bonds. The van der Waals surface area contributed by atoms with Crippen molar-refractivity contribution in [1.29, 1.82) is 0 Å². The number of rotatable bonds is 3. The second kappa shape index (κ2) is 5.25. The molecule has 0 spiro atoms. The Bertz CT molecular complexity index is 823. The zero-order valence-electron chi connectivity index (χ0n) is 11.7. The predicted octanol–water partition coefficient (Wildman–Crippen LogP) is 1.68. The number of alkyl halides is 3. The minimum Gasteiger partial charge on any atom is -0.480 e. The van der Waals surface area contributed by atoms with Gasteiger partial charge in [-0.1, -0.05) is 12.1 Å². The van der Waals surface area contributed by atoms with Crippen molar-refractivity contribution in [2.75, 3.05) is 0 Å². The molecule has 1 N–H and O–H groups in total. The lowest BCUT2D eigenvalue weighted by atomic mass is 10.1.